The Morgan fingerprint density at radius 1 is 1.25 bits per heavy atom. The Kier molecular flexibility index (Phi) is 4.79. The molecule has 7 heteroatoms. The summed E-state index contributed by atoms with van der Waals surface area (Å²) in [7, 11) is 0. The molecule has 1 atom stereocenters. The van der Waals surface area contributed by atoms with Gasteiger partial charge in [-0.3, -0.25) is 14.4 Å². The van der Waals surface area contributed by atoms with Gasteiger partial charge in [-0.1, -0.05) is 6.07 Å². The second kappa shape index (κ2) is 7.16. The normalized spacial score (nSPS) is 17.8. The molecule has 126 valence electrons. The first-order chi connectivity index (χ1) is 11.6. The van der Waals surface area contributed by atoms with Gasteiger partial charge in [-0.25, -0.2) is 0 Å². The van der Waals surface area contributed by atoms with E-state index in [1.165, 1.54) is 10.6 Å². The highest BCUT2D eigenvalue weighted by Gasteiger charge is 2.24. The van der Waals surface area contributed by atoms with Crippen LogP contribution in [0.3, 0.4) is 0 Å². The molecule has 2 amide bonds. The van der Waals surface area contributed by atoms with Gasteiger partial charge in [0.2, 0.25) is 5.91 Å². The zero-order valence-electron chi connectivity index (χ0n) is 13.2. The second-order valence-corrected chi connectivity index (χ2v) is 5.75. The molecule has 0 aliphatic carbocycles. The molecule has 2 N–H and O–H groups in total. The fourth-order valence-corrected chi connectivity index (χ4v) is 2.65. The van der Waals surface area contributed by atoms with E-state index in [0.717, 1.165) is 12.8 Å². The molecule has 2 aromatic heterocycles. The van der Waals surface area contributed by atoms with Gasteiger partial charge in [0.05, 0.1) is 6.54 Å². The average Bonchev–Trinajstić information content (AvgIpc) is 2.95. The van der Waals surface area contributed by atoms with Crippen molar-refractivity contribution in [2.45, 2.75) is 31.8 Å². The van der Waals surface area contributed by atoms with Crippen molar-refractivity contribution in [1.29, 1.82) is 0 Å². The molecule has 0 unspecified atom stereocenters. The van der Waals surface area contributed by atoms with E-state index in [1.807, 2.05) is 0 Å². The highest BCUT2D eigenvalue weighted by molar-refractivity contribution is 5.95. The molecular weight excluding hydrogens is 310 g/mol. The molecule has 1 aliphatic heterocycles. The number of nitrogens with zero attached hydrogens (tertiary/aromatic N) is 1. The third-order valence-corrected chi connectivity index (χ3v) is 3.95. The third kappa shape index (κ3) is 3.73. The molecule has 0 bridgehead atoms. The number of furan rings is 1. The van der Waals surface area contributed by atoms with Gasteiger partial charge < -0.3 is 19.6 Å². The van der Waals surface area contributed by atoms with E-state index >= 15 is 0 Å². The topological polar surface area (TPSA) is 93.3 Å². The van der Waals surface area contributed by atoms with E-state index < -0.39 is 11.9 Å². The maximum absolute atomic E-state index is 12.3. The van der Waals surface area contributed by atoms with Crippen LogP contribution in [0.2, 0.25) is 0 Å². The predicted molar refractivity (Wildman–Crippen MR) is 86.6 cm³/mol. The molecule has 1 saturated heterocycles. The number of amides is 2. The van der Waals surface area contributed by atoms with Crippen molar-refractivity contribution in [3.8, 4) is 0 Å². The van der Waals surface area contributed by atoms with E-state index in [1.54, 1.807) is 30.5 Å². The minimum absolute atomic E-state index is 0.131. The second-order valence-electron chi connectivity index (χ2n) is 5.75. The highest BCUT2D eigenvalue weighted by Crippen LogP contribution is 2.11. The van der Waals surface area contributed by atoms with Gasteiger partial charge in [0.15, 0.2) is 5.76 Å². The number of nitrogens with one attached hydrogen (secondary N) is 2. The summed E-state index contributed by atoms with van der Waals surface area (Å²) in [5, 5.41) is 5.47. The van der Waals surface area contributed by atoms with Crippen LogP contribution in [0.4, 0.5) is 0 Å². The van der Waals surface area contributed by atoms with Crippen LogP contribution in [0.1, 0.15) is 35.6 Å². The van der Waals surface area contributed by atoms with Crippen molar-refractivity contribution in [2.75, 3.05) is 6.54 Å². The lowest BCUT2D eigenvalue weighted by Crippen LogP contribution is -2.45. The monoisotopic (exact) mass is 329 g/mol. The molecule has 7 nitrogen and oxygen atoms in total. The first-order valence-corrected chi connectivity index (χ1v) is 7.96. The van der Waals surface area contributed by atoms with Gasteiger partial charge in [-0.15, -0.1) is 0 Å². The van der Waals surface area contributed by atoms with E-state index in [2.05, 4.69) is 10.6 Å². The summed E-state index contributed by atoms with van der Waals surface area (Å²) in [5.74, 6) is 0.0389. The molecule has 2 aromatic rings. The number of carbonyl (C=O) groups is 2. The van der Waals surface area contributed by atoms with E-state index in [4.69, 9.17) is 4.42 Å². The first kappa shape index (κ1) is 16.0. The van der Waals surface area contributed by atoms with Gasteiger partial charge in [0.25, 0.3) is 11.5 Å². The number of hydrogen-bond acceptors (Lipinski definition) is 4. The molecule has 0 aromatic carbocycles. The zero-order valence-corrected chi connectivity index (χ0v) is 13.2. The maximum Gasteiger partial charge on any atom is 0.287 e. The van der Waals surface area contributed by atoms with Gasteiger partial charge in [-0.05, 0) is 37.5 Å². The Morgan fingerprint density at radius 3 is 2.96 bits per heavy atom. The average molecular weight is 329 g/mol. The van der Waals surface area contributed by atoms with Gasteiger partial charge >= 0.3 is 0 Å². The van der Waals surface area contributed by atoms with Crippen molar-refractivity contribution in [1.82, 2.24) is 15.2 Å². The number of carbonyl (C=O) groups excluding carboxylic acids is 2. The van der Waals surface area contributed by atoms with Crippen molar-refractivity contribution >= 4 is 11.8 Å². The molecular formula is C17H19N3O4. The van der Waals surface area contributed by atoms with Crippen molar-refractivity contribution in [3.63, 3.8) is 0 Å². The van der Waals surface area contributed by atoms with Crippen molar-refractivity contribution in [2.24, 2.45) is 0 Å². The molecule has 3 heterocycles. The molecule has 0 saturated carbocycles. The minimum Gasteiger partial charge on any atom is -0.454 e. The van der Waals surface area contributed by atoms with Crippen LogP contribution in [0.5, 0.6) is 0 Å². The van der Waals surface area contributed by atoms with Gasteiger partial charge in [0.1, 0.15) is 11.8 Å². The van der Waals surface area contributed by atoms with E-state index in [9.17, 15) is 14.4 Å². The Bertz CT molecular complexity index is 793. The van der Waals surface area contributed by atoms with Crippen LogP contribution in [0.15, 0.2) is 45.7 Å². The highest BCUT2D eigenvalue weighted by atomic mass is 16.4. The summed E-state index contributed by atoms with van der Waals surface area (Å²) < 4.78 is 6.99. The molecule has 1 aliphatic rings. The van der Waals surface area contributed by atoms with Gasteiger partial charge in [0, 0.05) is 18.8 Å². The Labute approximate surface area is 138 Å². The smallest absolute Gasteiger partial charge is 0.287 e. The summed E-state index contributed by atoms with van der Waals surface area (Å²) in [6.45, 7) is 0.888. The zero-order chi connectivity index (χ0) is 16.9. The summed E-state index contributed by atoms with van der Waals surface area (Å²) in [5.41, 5.74) is -0.143. The Balaban J connectivity index is 1.66. The molecule has 1 fully saturated rings. The third-order valence-electron chi connectivity index (χ3n) is 3.95. The first-order valence-electron chi connectivity index (χ1n) is 7.96. The Morgan fingerprint density at radius 2 is 2.12 bits per heavy atom. The molecule has 0 radical (unpaired) electrons. The largest absolute Gasteiger partial charge is 0.454 e. The summed E-state index contributed by atoms with van der Waals surface area (Å²) >= 11 is 0. The standard InChI is InChI=1S/C17H19N3O4/c21-15-6-2-4-10-20(15)11-12-7-8-14(24-12)17(23)19-13-5-1-3-9-18-16(13)22/h2,4,6-8,10,13H,1,3,5,9,11H2,(H,18,22)(H,19,23)/t13-/m0/s1. The fourth-order valence-electron chi connectivity index (χ4n) is 2.65. The van der Waals surface area contributed by atoms with Crippen LogP contribution in [-0.2, 0) is 11.3 Å². The van der Waals surface area contributed by atoms with Gasteiger partial charge in [-0.2, -0.15) is 0 Å². The molecule has 0 spiro atoms. The lowest BCUT2D eigenvalue weighted by molar-refractivity contribution is -0.122. The number of aromatic nitrogens is 1. The maximum atomic E-state index is 12.3. The molecule has 24 heavy (non-hydrogen) atoms. The van der Waals surface area contributed by atoms with Crippen LogP contribution in [0, 0.1) is 0 Å². The minimum atomic E-state index is -0.537. The molecule has 3 rings (SSSR count). The van der Waals surface area contributed by atoms with Crippen molar-refractivity contribution in [3.05, 3.63) is 58.4 Å². The number of hydrogen-bond donors (Lipinski definition) is 2. The number of pyridine rings is 1. The lowest BCUT2D eigenvalue weighted by atomic mass is 10.1. The summed E-state index contributed by atoms with van der Waals surface area (Å²) in [6, 6.07) is 7.54. The SMILES string of the molecule is O=C(N[C@H]1CCCCNC1=O)c1ccc(Cn2ccccc2=O)o1. The Hall–Kier alpha value is -2.83. The van der Waals surface area contributed by atoms with E-state index in [-0.39, 0.29) is 23.8 Å². The van der Waals surface area contributed by atoms with Crippen molar-refractivity contribution < 1.29 is 14.0 Å². The van der Waals surface area contributed by atoms with E-state index in [0.29, 0.717) is 18.7 Å². The summed E-state index contributed by atoms with van der Waals surface area (Å²) in [6.07, 6.45) is 4.06. The fraction of sp³-hybridized carbons (Fsp3) is 0.353. The number of rotatable bonds is 4. The van der Waals surface area contributed by atoms with Crippen LogP contribution >= 0.6 is 0 Å². The lowest BCUT2D eigenvalue weighted by Gasteiger charge is -2.14. The van der Waals surface area contributed by atoms with Crippen LogP contribution in [0.25, 0.3) is 0 Å². The van der Waals surface area contributed by atoms with Crippen LogP contribution in [-0.4, -0.2) is 29.0 Å². The van der Waals surface area contributed by atoms with Crippen LogP contribution < -0.4 is 16.2 Å². The predicted octanol–water partition coefficient (Wildman–Crippen LogP) is 0.888. The summed E-state index contributed by atoms with van der Waals surface area (Å²) in [4.78, 5) is 35.8. The quantitative estimate of drug-likeness (QED) is 0.871.